The molecule has 6 heteroatoms. The molecule has 2 aromatic carbocycles. The molecule has 0 aliphatic heterocycles. The van der Waals surface area contributed by atoms with E-state index in [1.807, 2.05) is 30.3 Å². The molecule has 126 valence electrons. The molecule has 0 saturated carbocycles. The molecule has 2 aromatic rings. The fourth-order valence-electron chi connectivity index (χ4n) is 1.90. The minimum absolute atomic E-state index is 0.182. The molecule has 0 amide bonds. The highest BCUT2D eigenvalue weighted by Gasteiger charge is 2.11. The standard InChI is InChI=1S/C19H17ClN4O/c20-15-8-4-5-9-16(15)23-13-11-18(25)19(22)17(10-12-21)24-14-6-2-1-3-7-14/h1-13,22-23H,21H2. The predicted octanol–water partition coefficient (Wildman–Crippen LogP) is 4.10. The van der Waals surface area contributed by atoms with Crippen LogP contribution < -0.4 is 11.1 Å². The first-order valence-corrected chi connectivity index (χ1v) is 7.82. The van der Waals surface area contributed by atoms with Crippen molar-refractivity contribution >= 4 is 40.2 Å². The molecule has 5 nitrogen and oxygen atoms in total. The van der Waals surface area contributed by atoms with E-state index in [2.05, 4.69) is 10.3 Å². The van der Waals surface area contributed by atoms with Crippen molar-refractivity contribution in [2.75, 3.05) is 5.32 Å². The SMILES string of the molecule is N=C(C(=O)C=CNc1ccccc1Cl)C(C=CN)=Nc1ccccc1. The van der Waals surface area contributed by atoms with Crippen LogP contribution in [-0.2, 0) is 4.79 Å². The Kier molecular flexibility index (Phi) is 6.68. The number of hydrogen-bond donors (Lipinski definition) is 3. The highest BCUT2D eigenvalue weighted by Crippen LogP contribution is 2.20. The van der Waals surface area contributed by atoms with Crippen LogP contribution in [0.25, 0.3) is 0 Å². The van der Waals surface area contributed by atoms with Gasteiger partial charge in [0.15, 0.2) is 0 Å². The van der Waals surface area contributed by atoms with Crippen molar-refractivity contribution in [2.24, 2.45) is 10.7 Å². The van der Waals surface area contributed by atoms with E-state index in [1.54, 1.807) is 24.3 Å². The van der Waals surface area contributed by atoms with Gasteiger partial charge in [0, 0.05) is 12.3 Å². The number of nitrogens with two attached hydrogens (primary N) is 1. The molecule has 0 bridgehead atoms. The molecule has 0 atom stereocenters. The summed E-state index contributed by atoms with van der Waals surface area (Å²) in [5.41, 5.74) is 6.62. The summed E-state index contributed by atoms with van der Waals surface area (Å²) < 4.78 is 0. The molecule has 25 heavy (non-hydrogen) atoms. The van der Waals surface area contributed by atoms with Crippen molar-refractivity contribution < 1.29 is 4.79 Å². The fourth-order valence-corrected chi connectivity index (χ4v) is 2.09. The van der Waals surface area contributed by atoms with E-state index in [-0.39, 0.29) is 11.4 Å². The number of rotatable bonds is 7. The fraction of sp³-hybridized carbons (Fsp3) is 0. The minimum atomic E-state index is -0.507. The Morgan fingerprint density at radius 3 is 2.44 bits per heavy atom. The molecule has 0 radical (unpaired) electrons. The summed E-state index contributed by atoms with van der Waals surface area (Å²) in [6, 6.07) is 16.2. The van der Waals surface area contributed by atoms with E-state index in [9.17, 15) is 4.79 Å². The second-order valence-corrected chi connectivity index (χ2v) is 5.30. The monoisotopic (exact) mass is 352 g/mol. The Morgan fingerprint density at radius 1 is 1.08 bits per heavy atom. The summed E-state index contributed by atoms with van der Waals surface area (Å²) in [4.78, 5) is 16.5. The molecule has 0 saturated heterocycles. The van der Waals surface area contributed by atoms with Gasteiger partial charge in [0.25, 0.3) is 0 Å². The van der Waals surface area contributed by atoms with Gasteiger partial charge in [-0.05, 0) is 36.5 Å². The smallest absolute Gasteiger partial charge is 0.207 e. The average molecular weight is 353 g/mol. The van der Waals surface area contributed by atoms with Gasteiger partial charge in [0.05, 0.1) is 22.1 Å². The van der Waals surface area contributed by atoms with Crippen molar-refractivity contribution in [3.05, 3.63) is 84.2 Å². The molecule has 0 fully saturated rings. The van der Waals surface area contributed by atoms with E-state index in [0.717, 1.165) is 0 Å². The van der Waals surface area contributed by atoms with E-state index >= 15 is 0 Å². The van der Waals surface area contributed by atoms with E-state index in [1.165, 1.54) is 24.6 Å². The number of para-hydroxylation sites is 2. The Balaban J connectivity index is 2.11. The number of hydrogen-bond acceptors (Lipinski definition) is 5. The van der Waals surface area contributed by atoms with E-state index < -0.39 is 5.78 Å². The second-order valence-electron chi connectivity index (χ2n) is 4.89. The van der Waals surface area contributed by atoms with Gasteiger partial charge in [-0.1, -0.05) is 41.9 Å². The Hall–Kier alpha value is -3.18. The van der Waals surface area contributed by atoms with Crippen molar-refractivity contribution in [1.29, 1.82) is 5.41 Å². The molecular weight excluding hydrogens is 336 g/mol. The third-order valence-electron chi connectivity index (χ3n) is 3.11. The lowest BCUT2D eigenvalue weighted by atomic mass is 10.1. The van der Waals surface area contributed by atoms with Gasteiger partial charge < -0.3 is 11.1 Å². The Bertz CT molecular complexity index is 842. The number of nitrogens with one attached hydrogen (secondary N) is 2. The first-order valence-electron chi connectivity index (χ1n) is 7.44. The maximum atomic E-state index is 12.2. The number of ketones is 1. The lowest BCUT2D eigenvalue weighted by Crippen LogP contribution is -2.20. The maximum absolute atomic E-state index is 12.2. The number of carbonyl (C=O) groups is 1. The van der Waals surface area contributed by atoms with Gasteiger partial charge in [-0.2, -0.15) is 0 Å². The van der Waals surface area contributed by atoms with Crippen LogP contribution in [0.2, 0.25) is 5.02 Å². The summed E-state index contributed by atoms with van der Waals surface area (Å²) in [5.74, 6) is -0.507. The van der Waals surface area contributed by atoms with Gasteiger partial charge in [-0.15, -0.1) is 0 Å². The van der Waals surface area contributed by atoms with Gasteiger partial charge in [0.2, 0.25) is 5.78 Å². The molecule has 0 heterocycles. The van der Waals surface area contributed by atoms with Crippen LogP contribution in [0.3, 0.4) is 0 Å². The van der Waals surface area contributed by atoms with Gasteiger partial charge >= 0.3 is 0 Å². The van der Waals surface area contributed by atoms with Crippen LogP contribution in [0.15, 0.2) is 84.1 Å². The Morgan fingerprint density at radius 2 is 1.76 bits per heavy atom. The van der Waals surface area contributed by atoms with Crippen molar-refractivity contribution in [2.45, 2.75) is 0 Å². The van der Waals surface area contributed by atoms with Crippen LogP contribution in [0.1, 0.15) is 0 Å². The Labute approximate surface area is 151 Å². The number of benzene rings is 2. The van der Waals surface area contributed by atoms with Crippen LogP contribution in [0.4, 0.5) is 11.4 Å². The van der Waals surface area contributed by atoms with Crippen molar-refractivity contribution in [3.63, 3.8) is 0 Å². The quantitative estimate of drug-likeness (QED) is 0.517. The number of carbonyl (C=O) groups excluding carboxylic acids is 1. The number of anilines is 1. The number of aliphatic imine (C=N–C) groups is 1. The molecule has 0 aliphatic rings. The molecule has 0 spiro atoms. The first kappa shape index (κ1) is 18.2. The highest BCUT2D eigenvalue weighted by molar-refractivity contribution is 6.70. The third kappa shape index (κ3) is 5.44. The lowest BCUT2D eigenvalue weighted by Gasteiger charge is -2.03. The number of nitrogens with zero attached hydrogens (tertiary/aromatic N) is 1. The van der Waals surface area contributed by atoms with Gasteiger partial charge in [0.1, 0.15) is 5.71 Å². The second kappa shape index (κ2) is 9.20. The third-order valence-corrected chi connectivity index (χ3v) is 3.44. The largest absolute Gasteiger partial charge is 0.405 e. The number of allylic oxidation sites excluding steroid dienone is 2. The van der Waals surface area contributed by atoms with Gasteiger partial charge in [-0.25, -0.2) is 4.99 Å². The molecule has 0 aliphatic carbocycles. The van der Waals surface area contributed by atoms with Crippen LogP contribution in [0.5, 0.6) is 0 Å². The highest BCUT2D eigenvalue weighted by atomic mass is 35.5. The van der Waals surface area contributed by atoms with Gasteiger partial charge in [-0.3, -0.25) is 10.2 Å². The molecule has 0 aromatic heterocycles. The van der Waals surface area contributed by atoms with E-state index in [0.29, 0.717) is 16.4 Å². The van der Waals surface area contributed by atoms with Crippen molar-refractivity contribution in [1.82, 2.24) is 0 Å². The lowest BCUT2D eigenvalue weighted by molar-refractivity contribution is -0.108. The molecule has 2 rings (SSSR count). The molecule has 4 N–H and O–H groups in total. The summed E-state index contributed by atoms with van der Waals surface area (Å²) in [6.07, 6.45) is 5.35. The first-order chi connectivity index (χ1) is 12.1. The zero-order chi connectivity index (χ0) is 18.1. The normalized spacial score (nSPS) is 11.8. The number of halogens is 1. The summed E-state index contributed by atoms with van der Waals surface area (Å²) in [5, 5.41) is 11.5. The van der Waals surface area contributed by atoms with Crippen molar-refractivity contribution in [3.8, 4) is 0 Å². The topological polar surface area (TPSA) is 91.3 Å². The van der Waals surface area contributed by atoms with Crippen LogP contribution in [-0.4, -0.2) is 17.2 Å². The minimum Gasteiger partial charge on any atom is -0.405 e. The average Bonchev–Trinajstić information content (AvgIpc) is 2.63. The zero-order valence-electron chi connectivity index (χ0n) is 13.3. The van der Waals surface area contributed by atoms with Crippen LogP contribution >= 0.6 is 11.6 Å². The summed E-state index contributed by atoms with van der Waals surface area (Å²) in [6.45, 7) is 0. The predicted molar refractivity (Wildman–Crippen MR) is 104 cm³/mol. The molecule has 0 unspecified atom stereocenters. The zero-order valence-corrected chi connectivity index (χ0v) is 14.1. The summed E-state index contributed by atoms with van der Waals surface area (Å²) in [7, 11) is 0. The van der Waals surface area contributed by atoms with E-state index in [4.69, 9.17) is 22.7 Å². The molecular formula is C19H17ClN4O. The van der Waals surface area contributed by atoms with Crippen LogP contribution in [0, 0.1) is 5.41 Å². The summed E-state index contributed by atoms with van der Waals surface area (Å²) >= 11 is 6.02. The maximum Gasteiger partial charge on any atom is 0.207 e.